The van der Waals surface area contributed by atoms with Crippen molar-refractivity contribution in [2.75, 3.05) is 31.6 Å². The molecule has 0 unspecified atom stereocenters. The van der Waals surface area contributed by atoms with Gasteiger partial charge in [0.25, 0.3) is 5.91 Å². The van der Waals surface area contributed by atoms with Crippen molar-refractivity contribution in [2.45, 2.75) is 18.9 Å². The van der Waals surface area contributed by atoms with Crippen LogP contribution < -0.4 is 20.1 Å². The molecular formula is C19H23N3O4. The number of fused-ring (bicyclic) bond motifs is 1. The van der Waals surface area contributed by atoms with Crippen molar-refractivity contribution in [3.63, 3.8) is 0 Å². The van der Waals surface area contributed by atoms with Crippen molar-refractivity contribution < 1.29 is 19.4 Å². The third kappa shape index (κ3) is 4.86. The Kier molecular flexibility index (Phi) is 6.27. The van der Waals surface area contributed by atoms with Crippen molar-refractivity contribution in [3.05, 3.63) is 48.2 Å². The minimum absolute atomic E-state index is 0.0820. The summed E-state index contributed by atoms with van der Waals surface area (Å²) >= 11 is 0. The van der Waals surface area contributed by atoms with Crippen molar-refractivity contribution in [1.29, 1.82) is 0 Å². The summed E-state index contributed by atoms with van der Waals surface area (Å²) < 4.78 is 11.5. The van der Waals surface area contributed by atoms with Gasteiger partial charge in [0.2, 0.25) is 0 Å². The number of benzene rings is 1. The third-order valence-corrected chi connectivity index (χ3v) is 3.99. The number of nitrogens with one attached hydrogen (secondary N) is 2. The Bertz CT molecular complexity index is 721. The largest absolute Gasteiger partial charge is 0.486 e. The molecule has 1 aliphatic heterocycles. The van der Waals surface area contributed by atoms with Gasteiger partial charge in [-0.15, -0.1) is 0 Å². The summed E-state index contributed by atoms with van der Waals surface area (Å²) in [4.78, 5) is 16.4. The second-order valence-corrected chi connectivity index (χ2v) is 5.98. The zero-order chi connectivity index (χ0) is 18.2. The predicted molar refractivity (Wildman–Crippen MR) is 97.7 cm³/mol. The van der Waals surface area contributed by atoms with E-state index in [4.69, 9.17) is 14.6 Å². The van der Waals surface area contributed by atoms with Crippen LogP contribution in [0.15, 0.2) is 42.6 Å². The Balaban J connectivity index is 1.41. The molecule has 138 valence electrons. The number of ether oxygens (including phenoxy) is 2. The van der Waals surface area contributed by atoms with E-state index >= 15 is 0 Å². The van der Waals surface area contributed by atoms with Crippen LogP contribution >= 0.6 is 0 Å². The smallest absolute Gasteiger partial charge is 0.252 e. The molecule has 2 aromatic rings. The number of para-hydroxylation sites is 2. The molecule has 7 nitrogen and oxygen atoms in total. The fourth-order valence-corrected chi connectivity index (χ4v) is 2.58. The lowest BCUT2D eigenvalue weighted by Gasteiger charge is -2.26. The number of nitrogens with zero attached hydrogens (tertiary/aromatic N) is 1. The Hall–Kier alpha value is -2.80. The SMILES string of the molecule is O=C(NCC[C@H]1COc2ccccc2O1)c1ccc(NCCCO)nc1. The average molecular weight is 357 g/mol. The van der Waals surface area contributed by atoms with Crippen molar-refractivity contribution in [3.8, 4) is 11.5 Å². The highest BCUT2D eigenvalue weighted by atomic mass is 16.6. The van der Waals surface area contributed by atoms with Gasteiger partial charge in [-0.3, -0.25) is 4.79 Å². The first-order chi connectivity index (χ1) is 12.8. The molecule has 0 saturated carbocycles. The summed E-state index contributed by atoms with van der Waals surface area (Å²) in [6.07, 6.45) is 2.77. The van der Waals surface area contributed by atoms with E-state index in [0.717, 1.165) is 11.5 Å². The molecule has 2 heterocycles. The number of rotatable bonds is 8. The number of aliphatic hydroxyl groups is 1. The number of hydrogen-bond acceptors (Lipinski definition) is 6. The number of pyridine rings is 1. The second-order valence-electron chi connectivity index (χ2n) is 5.98. The van der Waals surface area contributed by atoms with Gasteiger partial charge in [-0.2, -0.15) is 0 Å². The highest BCUT2D eigenvalue weighted by Gasteiger charge is 2.20. The first-order valence-corrected chi connectivity index (χ1v) is 8.74. The number of carbonyl (C=O) groups is 1. The molecule has 26 heavy (non-hydrogen) atoms. The van der Waals surface area contributed by atoms with Crippen LogP contribution in [0.3, 0.4) is 0 Å². The number of aliphatic hydroxyl groups excluding tert-OH is 1. The van der Waals surface area contributed by atoms with Gasteiger partial charge in [0.1, 0.15) is 18.5 Å². The van der Waals surface area contributed by atoms with E-state index < -0.39 is 0 Å². The van der Waals surface area contributed by atoms with Gasteiger partial charge < -0.3 is 25.2 Å². The summed E-state index contributed by atoms with van der Waals surface area (Å²) in [6.45, 7) is 1.74. The van der Waals surface area contributed by atoms with Gasteiger partial charge in [-0.25, -0.2) is 4.98 Å². The summed E-state index contributed by atoms with van der Waals surface area (Å²) in [5.74, 6) is 2.01. The lowest BCUT2D eigenvalue weighted by atomic mass is 10.2. The van der Waals surface area contributed by atoms with Gasteiger partial charge >= 0.3 is 0 Å². The number of anilines is 1. The van der Waals surface area contributed by atoms with E-state index in [2.05, 4.69) is 15.6 Å². The van der Waals surface area contributed by atoms with E-state index in [-0.39, 0.29) is 18.6 Å². The number of aromatic nitrogens is 1. The van der Waals surface area contributed by atoms with Crippen molar-refractivity contribution >= 4 is 11.7 Å². The molecule has 0 spiro atoms. The van der Waals surface area contributed by atoms with Gasteiger partial charge in [-0.05, 0) is 30.7 Å². The maximum atomic E-state index is 12.2. The predicted octanol–water partition coefficient (Wildman–Crippen LogP) is 1.84. The number of carbonyl (C=O) groups excluding carboxylic acids is 1. The Morgan fingerprint density at radius 3 is 2.81 bits per heavy atom. The molecular weight excluding hydrogens is 334 g/mol. The van der Waals surface area contributed by atoms with Crippen LogP contribution in [0.2, 0.25) is 0 Å². The molecule has 0 saturated heterocycles. The molecule has 0 fully saturated rings. The highest BCUT2D eigenvalue weighted by Crippen LogP contribution is 2.31. The normalized spacial score (nSPS) is 15.3. The van der Waals surface area contributed by atoms with Crippen LogP contribution in [-0.2, 0) is 0 Å². The first kappa shape index (κ1) is 18.0. The monoisotopic (exact) mass is 357 g/mol. The summed E-state index contributed by atoms with van der Waals surface area (Å²) in [6, 6.07) is 11.0. The first-order valence-electron chi connectivity index (χ1n) is 8.74. The van der Waals surface area contributed by atoms with Gasteiger partial charge in [0, 0.05) is 32.3 Å². The molecule has 7 heteroatoms. The fraction of sp³-hybridized carbons (Fsp3) is 0.368. The van der Waals surface area contributed by atoms with Crippen molar-refractivity contribution in [1.82, 2.24) is 10.3 Å². The standard InChI is InChI=1S/C19H23N3O4/c23-11-3-9-20-18-7-6-14(12-22-18)19(24)21-10-8-15-13-25-16-4-1-2-5-17(16)26-15/h1-2,4-7,12,15,23H,3,8-11,13H2,(H,20,22)(H,21,24)/t15-/m0/s1. The minimum Gasteiger partial charge on any atom is -0.486 e. The van der Waals surface area contributed by atoms with Gasteiger partial charge in [-0.1, -0.05) is 12.1 Å². The van der Waals surface area contributed by atoms with E-state index in [1.165, 1.54) is 6.20 Å². The average Bonchev–Trinajstić information content (AvgIpc) is 2.68. The molecule has 0 bridgehead atoms. The van der Waals surface area contributed by atoms with Crippen molar-refractivity contribution in [2.24, 2.45) is 0 Å². The molecule has 1 aliphatic rings. The van der Waals surface area contributed by atoms with Crippen LogP contribution in [0.4, 0.5) is 5.82 Å². The second kappa shape index (κ2) is 9.05. The quantitative estimate of drug-likeness (QED) is 0.624. The fourth-order valence-electron chi connectivity index (χ4n) is 2.58. The topological polar surface area (TPSA) is 92.7 Å². The Morgan fingerprint density at radius 1 is 1.19 bits per heavy atom. The number of hydrogen-bond donors (Lipinski definition) is 3. The lowest BCUT2D eigenvalue weighted by Crippen LogP contribution is -2.34. The van der Waals surface area contributed by atoms with E-state index in [0.29, 0.717) is 43.9 Å². The van der Waals surface area contributed by atoms with E-state index in [1.807, 2.05) is 24.3 Å². The zero-order valence-corrected chi connectivity index (χ0v) is 14.5. The molecule has 0 aliphatic carbocycles. The van der Waals surface area contributed by atoms with Gasteiger partial charge in [0.05, 0.1) is 5.56 Å². The maximum Gasteiger partial charge on any atom is 0.252 e. The van der Waals surface area contributed by atoms with E-state index in [1.54, 1.807) is 12.1 Å². The molecule has 3 N–H and O–H groups in total. The molecule has 1 aromatic carbocycles. The maximum absolute atomic E-state index is 12.2. The zero-order valence-electron chi connectivity index (χ0n) is 14.5. The molecule has 1 aromatic heterocycles. The molecule has 1 amide bonds. The molecule has 3 rings (SSSR count). The van der Waals surface area contributed by atoms with E-state index in [9.17, 15) is 4.79 Å². The van der Waals surface area contributed by atoms with Crippen LogP contribution in [0.1, 0.15) is 23.2 Å². The highest BCUT2D eigenvalue weighted by molar-refractivity contribution is 5.94. The van der Waals surface area contributed by atoms with Gasteiger partial charge in [0.15, 0.2) is 11.5 Å². The van der Waals surface area contributed by atoms with Crippen LogP contribution in [-0.4, -0.2) is 48.4 Å². The van der Waals surface area contributed by atoms with Crippen LogP contribution in [0.25, 0.3) is 0 Å². The Labute approximate surface area is 152 Å². The summed E-state index contributed by atoms with van der Waals surface area (Å²) in [7, 11) is 0. The summed E-state index contributed by atoms with van der Waals surface area (Å²) in [5, 5.41) is 14.7. The molecule has 0 radical (unpaired) electrons. The van der Waals surface area contributed by atoms with Crippen LogP contribution in [0.5, 0.6) is 11.5 Å². The number of amides is 1. The lowest BCUT2D eigenvalue weighted by molar-refractivity contribution is 0.0812. The summed E-state index contributed by atoms with van der Waals surface area (Å²) in [5.41, 5.74) is 0.504. The third-order valence-electron chi connectivity index (χ3n) is 3.99. The van der Waals surface area contributed by atoms with Crippen LogP contribution in [0, 0.1) is 0 Å². The minimum atomic E-state index is -0.170. The molecule has 1 atom stereocenters. The Morgan fingerprint density at radius 2 is 2.04 bits per heavy atom.